The number of fused-ring (bicyclic) bond motifs is 1. The van der Waals surface area contributed by atoms with Crippen LogP contribution in [0.1, 0.15) is 6.42 Å². The summed E-state index contributed by atoms with van der Waals surface area (Å²) in [5, 5.41) is 7.52. The predicted molar refractivity (Wildman–Crippen MR) is 123 cm³/mol. The number of rotatable bonds is 7. The molecule has 10 heteroatoms. The summed E-state index contributed by atoms with van der Waals surface area (Å²) in [4.78, 5) is 20.4. The van der Waals surface area contributed by atoms with Crippen LogP contribution in [-0.4, -0.2) is 55.4 Å². The maximum atomic E-state index is 14.9. The average Bonchev–Trinajstić information content (AvgIpc) is 2.85. The fourth-order valence-electron chi connectivity index (χ4n) is 3.85. The molecule has 3 aromatic rings. The summed E-state index contributed by atoms with van der Waals surface area (Å²) in [6.45, 7) is 4.42. The lowest BCUT2D eigenvalue weighted by Gasteiger charge is -2.32. The highest BCUT2D eigenvalue weighted by Crippen LogP contribution is 2.37. The van der Waals surface area contributed by atoms with Crippen molar-refractivity contribution in [2.75, 3.05) is 32.8 Å². The molecule has 2 atom stereocenters. The fourth-order valence-corrected chi connectivity index (χ4v) is 3.85. The lowest BCUT2D eigenvalue weighted by molar-refractivity contribution is -0.117. The van der Waals surface area contributed by atoms with Crippen LogP contribution in [-0.2, 0) is 9.53 Å². The number of hydrogen-bond acceptors (Lipinski definition) is 7. The van der Waals surface area contributed by atoms with Gasteiger partial charge in [-0.2, -0.15) is 0 Å². The first-order valence-corrected chi connectivity index (χ1v) is 10.6. The fraction of sp³-hybridized carbons (Fsp3) is 0.292. The van der Waals surface area contributed by atoms with Crippen LogP contribution in [0.25, 0.3) is 22.0 Å². The molecule has 1 aromatic carbocycles. The first-order chi connectivity index (χ1) is 16.4. The van der Waals surface area contributed by atoms with E-state index in [1.54, 1.807) is 18.3 Å². The molecule has 0 bridgehead atoms. The summed E-state index contributed by atoms with van der Waals surface area (Å²) >= 11 is 0. The van der Waals surface area contributed by atoms with Gasteiger partial charge in [0.05, 0.1) is 44.2 Å². The van der Waals surface area contributed by atoms with Gasteiger partial charge in [0, 0.05) is 35.8 Å². The van der Waals surface area contributed by atoms with Crippen molar-refractivity contribution in [1.29, 1.82) is 0 Å². The summed E-state index contributed by atoms with van der Waals surface area (Å²) in [7, 11) is 2.58. The van der Waals surface area contributed by atoms with E-state index in [1.807, 2.05) is 0 Å². The van der Waals surface area contributed by atoms with Crippen molar-refractivity contribution < 1.29 is 27.8 Å². The maximum absolute atomic E-state index is 14.9. The smallest absolute Gasteiger partial charge is 0.243 e. The quantitative estimate of drug-likeness (QED) is 0.511. The molecule has 1 amide bonds. The number of pyridine rings is 2. The van der Waals surface area contributed by atoms with Crippen molar-refractivity contribution in [2.24, 2.45) is 0 Å². The van der Waals surface area contributed by atoms with Crippen molar-refractivity contribution in [3.8, 4) is 22.8 Å². The van der Waals surface area contributed by atoms with Crippen molar-refractivity contribution in [3.05, 3.63) is 54.9 Å². The molecule has 178 valence electrons. The molecule has 1 fully saturated rings. The van der Waals surface area contributed by atoms with Crippen molar-refractivity contribution in [1.82, 2.24) is 15.3 Å². The zero-order valence-electron chi connectivity index (χ0n) is 18.7. The van der Waals surface area contributed by atoms with Crippen LogP contribution in [0.15, 0.2) is 43.2 Å². The van der Waals surface area contributed by atoms with E-state index in [9.17, 15) is 13.6 Å². The van der Waals surface area contributed by atoms with Crippen molar-refractivity contribution >= 4 is 22.5 Å². The Labute approximate surface area is 194 Å². The Bertz CT molecular complexity index is 1210. The number of hydrogen-bond donors (Lipinski definition) is 2. The van der Waals surface area contributed by atoms with Crippen LogP contribution in [0.4, 0.5) is 14.6 Å². The van der Waals surface area contributed by atoms with Gasteiger partial charge in [0.25, 0.3) is 0 Å². The minimum Gasteiger partial charge on any atom is -0.494 e. The topological polar surface area (TPSA) is 94.6 Å². The molecule has 0 saturated carbocycles. The van der Waals surface area contributed by atoms with E-state index in [4.69, 9.17) is 14.2 Å². The van der Waals surface area contributed by atoms with Crippen LogP contribution >= 0.6 is 0 Å². The highest BCUT2D eigenvalue weighted by molar-refractivity contribution is 5.88. The first-order valence-electron chi connectivity index (χ1n) is 10.6. The van der Waals surface area contributed by atoms with E-state index in [2.05, 4.69) is 27.2 Å². The second kappa shape index (κ2) is 10.0. The summed E-state index contributed by atoms with van der Waals surface area (Å²) in [6, 6.07) is 4.12. The second-order valence-corrected chi connectivity index (χ2v) is 7.70. The summed E-state index contributed by atoms with van der Waals surface area (Å²) in [5.41, 5.74) is -0.268. The highest BCUT2D eigenvalue weighted by Gasteiger charge is 2.27. The molecule has 2 N–H and O–H groups in total. The maximum Gasteiger partial charge on any atom is 0.243 e. The molecule has 8 nitrogen and oxygen atoms in total. The van der Waals surface area contributed by atoms with Gasteiger partial charge in [-0.15, -0.1) is 0 Å². The Morgan fingerprint density at radius 2 is 1.76 bits per heavy atom. The Hall–Kier alpha value is -3.79. The molecule has 1 saturated heterocycles. The van der Waals surface area contributed by atoms with Gasteiger partial charge in [-0.1, -0.05) is 6.58 Å². The molecule has 1 aliphatic heterocycles. The van der Waals surface area contributed by atoms with Crippen LogP contribution in [0.3, 0.4) is 0 Å². The number of nitrogens with zero attached hydrogens (tertiary/aromatic N) is 2. The molecule has 34 heavy (non-hydrogen) atoms. The van der Waals surface area contributed by atoms with E-state index in [0.717, 1.165) is 6.07 Å². The van der Waals surface area contributed by atoms with Gasteiger partial charge in [-0.05, 0) is 24.6 Å². The minimum absolute atomic E-state index is 0.0788. The number of carbonyl (C=O) groups excluding carboxylic acids is 1. The number of halogens is 2. The number of carbonyl (C=O) groups is 1. The van der Waals surface area contributed by atoms with Crippen molar-refractivity contribution in [2.45, 2.75) is 18.5 Å². The molecule has 0 unspecified atom stereocenters. The standard InChI is InChI=1S/C24H24F2N4O4/c1-4-21(31)30-15-5-6-34-12-17(15)29-20-8-14-10-27-16(7-13(14)11-28-20)22-23(25)18(32-2)9-19(33-3)24(22)26/h4,7-11,15,17H,1,5-6,12H2,2-3H3,(H,28,29)(H,30,31)/t15-,17+/m0/s1. The van der Waals surface area contributed by atoms with Crippen LogP contribution in [0.2, 0.25) is 0 Å². The Kier molecular flexibility index (Phi) is 6.87. The van der Waals surface area contributed by atoms with E-state index in [-0.39, 0.29) is 40.7 Å². The molecule has 4 rings (SSSR count). The largest absolute Gasteiger partial charge is 0.494 e. The number of anilines is 1. The van der Waals surface area contributed by atoms with Gasteiger partial charge in [-0.3, -0.25) is 9.78 Å². The summed E-state index contributed by atoms with van der Waals surface area (Å²) in [5.74, 6) is -1.75. The van der Waals surface area contributed by atoms with Gasteiger partial charge in [0.1, 0.15) is 5.82 Å². The lowest BCUT2D eigenvalue weighted by atomic mass is 10.0. The van der Waals surface area contributed by atoms with E-state index >= 15 is 0 Å². The zero-order chi connectivity index (χ0) is 24.2. The van der Waals surface area contributed by atoms with Crippen molar-refractivity contribution in [3.63, 3.8) is 0 Å². The third kappa shape index (κ3) is 4.62. The van der Waals surface area contributed by atoms with Crippen LogP contribution in [0, 0.1) is 11.6 Å². The SMILES string of the molecule is C=CC(=O)N[C@H]1CCOC[C@H]1Nc1cc2cnc(-c3c(F)c(OC)cc(OC)c3F)cc2cn1. The summed E-state index contributed by atoms with van der Waals surface area (Å²) in [6.07, 6.45) is 4.97. The number of nitrogens with one attached hydrogen (secondary N) is 2. The van der Waals surface area contributed by atoms with E-state index in [0.29, 0.717) is 36.2 Å². The molecule has 0 aliphatic carbocycles. The number of methoxy groups -OCH3 is 2. The normalized spacial score (nSPS) is 17.8. The molecular weight excluding hydrogens is 446 g/mol. The lowest BCUT2D eigenvalue weighted by Crippen LogP contribution is -2.52. The third-order valence-electron chi connectivity index (χ3n) is 5.64. The van der Waals surface area contributed by atoms with Gasteiger partial charge in [0.15, 0.2) is 23.1 Å². The Morgan fingerprint density at radius 1 is 1.09 bits per heavy atom. The zero-order valence-corrected chi connectivity index (χ0v) is 18.7. The monoisotopic (exact) mass is 470 g/mol. The molecular formula is C24H24F2N4O4. The Balaban J connectivity index is 1.63. The van der Waals surface area contributed by atoms with Gasteiger partial charge in [0.2, 0.25) is 5.91 Å². The highest BCUT2D eigenvalue weighted by atomic mass is 19.1. The third-order valence-corrected chi connectivity index (χ3v) is 5.64. The summed E-state index contributed by atoms with van der Waals surface area (Å²) < 4.78 is 45.3. The first kappa shape index (κ1) is 23.4. The van der Waals surface area contributed by atoms with Gasteiger partial charge >= 0.3 is 0 Å². The second-order valence-electron chi connectivity index (χ2n) is 7.70. The van der Waals surface area contributed by atoms with Crippen LogP contribution in [0.5, 0.6) is 11.5 Å². The molecule has 1 aliphatic rings. The minimum atomic E-state index is -0.871. The van der Waals surface area contributed by atoms with Gasteiger partial charge in [-0.25, -0.2) is 13.8 Å². The average molecular weight is 470 g/mol. The predicted octanol–water partition coefficient (Wildman–Crippen LogP) is 3.46. The van der Waals surface area contributed by atoms with E-state index in [1.165, 1.54) is 26.5 Å². The molecule has 0 spiro atoms. The molecule has 3 heterocycles. The Morgan fingerprint density at radius 3 is 2.44 bits per heavy atom. The number of aromatic nitrogens is 2. The molecule has 0 radical (unpaired) electrons. The van der Waals surface area contributed by atoms with Gasteiger partial charge < -0.3 is 24.8 Å². The van der Waals surface area contributed by atoms with Crippen LogP contribution < -0.4 is 20.1 Å². The number of benzene rings is 1. The molecule has 2 aromatic heterocycles. The van der Waals surface area contributed by atoms with E-state index < -0.39 is 11.6 Å². The number of amides is 1. The number of ether oxygens (including phenoxy) is 3.